The number of nitrogens with one attached hydrogen (secondary N) is 2. The zero-order valence-corrected chi connectivity index (χ0v) is 16.0. The van der Waals surface area contributed by atoms with Crippen molar-refractivity contribution in [1.82, 2.24) is 5.32 Å². The van der Waals surface area contributed by atoms with Crippen molar-refractivity contribution in [3.63, 3.8) is 0 Å². The Balaban J connectivity index is 1.97. The van der Waals surface area contributed by atoms with Crippen LogP contribution < -0.4 is 15.4 Å². The number of carbonyl (C=O) groups excluding carboxylic acids is 1. The van der Waals surface area contributed by atoms with Crippen molar-refractivity contribution in [3.05, 3.63) is 62.4 Å². The Bertz CT molecular complexity index is 913. The Kier molecular flexibility index (Phi) is 6.89. The third kappa shape index (κ3) is 5.75. The lowest BCUT2D eigenvalue weighted by molar-refractivity contribution is -0.387. The van der Waals surface area contributed by atoms with Crippen LogP contribution in [0.2, 0.25) is 10.0 Å². The van der Waals surface area contributed by atoms with Crippen LogP contribution >= 0.6 is 35.4 Å². The molecular weight excluding hydrogens is 420 g/mol. The zero-order chi connectivity index (χ0) is 20.1. The second-order valence-corrected chi connectivity index (χ2v) is 6.45. The van der Waals surface area contributed by atoms with Gasteiger partial charge in [-0.3, -0.25) is 20.2 Å². The van der Waals surface area contributed by atoms with E-state index in [0.717, 1.165) is 12.1 Å². The quantitative estimate of drug-likeness (QED) is 0.415. The summed E-state index contributed by atoms with van der Waals surface area (Å²) in [5, 5.41) is 16.2. The summed E-state index contributed by atoms with van der Waals surface area (Å²) in [6.45, 7) is 1.48. The molecule has 2 rings (SSSR count). The lowest BCUT2D eigenvalue weighted by Gasteiger charge is -2.16. The Labute approximate surface area is 168 Å². The van der Waals surface area contributed by atoms with E-state index >= 15 is 0 Å². The van der Waals surface area contributed by atoms with Crippen molar-refractivity contribution >= 4 is 57.8 Å². The van der Waals surface area contributed by atoms with Gasteiger partial charge in [0.15, 0.2) is 11.2 Å². The molecule has 11 heteroatoms. The van der Waals surface area contributed by atoms with Gasteiger partial charge < -0.3 is 10.1 Å². The number of nitrogens with zero attached hydrogens (tertiary/aromatic N) is 1. The predicted octanol–water partition coefficient (Wildman–Crippen LogP) is 4.32. The topological polar surface area (TPSA) is 93.5 Å². The molecule has 1 atom stereocenters. The third-order valence-electron chi connectivity index (χ3n) is 3.20. The number of halogens is 3. The molecule has 2 aromatic rings. The highest BCUT2D eigenvalue weighted by molar-refractivity contribution is 7.80. The van der Waals surface area contributed by atoms with Crippen molar-refractivity contribution in [2.75, 3.05) is 5.32 Å². The van der Waals surface area contributed by atoms with Crippen LogP contribution in [0.25, 0.3) is 0 Å². The fourth-order valence-corrected chi connectivity index (χ4v) is 2.59. The molecule has 7 nitrogen and oxygen atoms in total. The van der Waals surface area contributed by atoms with Gasteiger partial charge in [-0.25, -0.2) is 0 Å². The van der Waals surface area contributed by atoms with Gasteiger partial charge in [-0.05, 0) is 49.5 Å². The first-order valence-corrected chi connectivity index (χ1v) is 8.51. The van der Waals surface area contributed by atoms with Crippen LogP contribution in [0.15, 0.2) is 36.4 Å². The predicted molar refractivity (Wildman–Crippen MR) is 104 cm³/mol. The molecule has 27 heavy (non-hydrogen) atoms. The molecule has 0 heterocycles. The van der Waals surface area contributed by atoms with Crippen molar-refractivity contribution in [1.29, 1.82) is 0 Å². The summed E-state index contributed by atoms with van der Waals surface area (Å²) in [6, 6.07) is 7.66. The number of ether oxygens (including phenoxy) is 1. The summed E-state index contributed by atoms with van der Waals surface area (Å²) < 4.78 is 18.8. The minimum atomic E-state index is -0.984. The number of nitro benzene ring substituents is 1. The lowest BCUT2D eigenvalue weighted by atomic mass is 10.2. The third-order valence-corrected chi connectivity index (χ3v) is 3.94. The summed E-state index contributed by atoms with van der Waals surface area (Å²) in [7, 11) is 0. The fraction of sp³-hybridized carbons (Fsp3) is 0.125. The van der Waals surface area contributed by atoms with Gasteiger partial charge in [0, 0.05) is 16.8 Å². The average Bonchev–Trinajstić information content (AvgIpc) is 2.58. The van der Waals surface area contributed by atoms with Crippen LogP contribution in [-0.4, -0.2) is 22.0 Å². The standard InChI is InChI=1S/C16H12Cl2FN3O4S/c1-8(26-14-5-2-9(17)6-11(14)18)15(23)21-16(27)20-10-3-4-12(19)13(7-10)22(24)25/h2-8H,1H3,(H2,20,21,23,27). The van der Waals surface area contributed by atoms with Gasteiger partial charge in [0.2, 0.25) is 5.82 Å². The van der Waals surface area contributed by atoms with Crippen molar-refractivity contribution in [2.24, 2.45) is 0 Å². The smallest absolute Gasteiger partial charge is 0.306 e. The highest BCUT2D eigenvalue weighted by Crippen LogP contribution is 2.28. The molecule has 0 saturated carbocycles. The molecule has 0 aromatic heterocycles. The van der Waals surface area contributed by atoms with Crippen LogP contribution in [-0.2, 0) is 4.79 Å². The first-order chi connectivity index (χ1) is 12.7. The molecule has 0 aliphatic rings. The van der Waals surface area contributed by atoms with E-state index in [1.165, 1.54) is 25.1 Å². The molecule has 0 aliphatic heterocycles. The summed E-state index contributed by atoms with van der Waals surface area (Å²) in [5.74, 6) is -1.31. The normalized spacial score (nSPS) is 11.4. The summed E-state index contributed by atoms with van der Waals surface area (Å²) >= 11 is 16.7. The van der Waals surface area contributed by atoms with Crippen molar-refractivity contribution in [2.45, 2.75) is 13.0 Å². The minimum Gasteiger partial charge on any atom is -0.479 e. The average molecular weight is 432 g/mol. The fourth-order valence-electron chi connectivity index (χ4n) is 1.92. The van der Waals surface area contributed by atoms with Gasteiger partial charge in [-0.2, -0.15) is 4.39 Å². The molecular formula is C16H12Cl2FN3O4S. The Morgan fingerprint density at radius 3 is 2.63 bits per heavy atom. The van der Waals surface area contributed by atoms with Crippen LogP contribution in [0, 0.1) is 15.9 Å². The zero-order valence-electron chi connectivity index (χ0n) is 13.7. The summed E-state index contributed by atoms with van der Waals surface area (Å²) in [4.78, 5) is 22.0. The van der Waals surface area contributed by atoms with E-state index in [0.29, 0.717) is 5.02 Å². The minimum absolute atomic E-state index is 0.140. The molecule has 0 saturated heterocycles. The number of hydrogen-bond donors (Lipinski definition) is 2. The number of rotatable bonds is 5. The van der Waals surface area contributed by atoms with E-state index in [1.54, 1.807) is 6.07 Å². The van der Waals surface area contributed by atoms with Gasteiger partial charge in [-0.1, -0.05) is 23.2 Å². The maximum atomic E-state index is 13.3. The van der Waals surface area contributed by atoms with Crippen LogP contribution in [0.5, 0.6) is 5.75 Å². The van der Waals surface area contributed by atoms with E-state index < -0.39 is 28.4 Å². The largest absolute Gasteiger partial charge is 0.479 e. The molecule has 0 aliphatic carbocycles. The number of amides is 1. The number of benzene rings is 2. The summed E-state index contributed by atoms with van der Waals surface area (Å²) in [6.07, 6.45) is -0.953. The number of thiocarbonyl (C=S) groups is 1. The second kappa shape index (κ2) is 8.94. The number of hydrogen-bond acceptors (Lipinski definition) is 5. The number of anilines is 1. The first kappa shape index (κ1) is 20.8. The first-order valence-electron chi connectivity index (χ1n) is 7.35. The van der Waals surface area contributed by atoms with Gasteiger partial charge in [0.25, 0.3) is 5.91 Å². The van der Waals surface area contributed by atoms with E-state index in [-0.39, 0.29) is 21.6 Å². The molecule has 1 amide bonds. The van der Waals surface area contributed by atoms with Gasteiger partial charge in [0.05, 0.1) is 9.95 Å². The van der Waals surface area contributed by atoms with Gasteiger partial charge in [0.1, 0.15) is 5.75 Å². The van der Waals surface area contributed by atoms with Gasteiger partial charge >= 0.3 is 5.69 Å². The molecule has 2 aromatic carbocycles. The Morgan fingerprint density at radius 1 is 1.30 bits per heavy atom. The molecule has 0 spiro atoms. The van der Waals surface area contributed by atoms with Gasteiger partial charge in [-0.15, -0.1) is 0 Å². The lowest BCUT2D eigenvalue weighted by Crippen LogP contribution is -2.42. The van der Waals surface area contributed by atoms with Crippen LogP contribution in [0.3, 0.4) is 0 Å². The molecule has 0 fully saturated rings. The Hall–Kier alpha value is -2.49. The maximum Gasteiger partial charge on any atom is 0.306 e. The monoisotopic (exact) mass is 431 g/mol. The molecule has 1 unspecified atom stereocenters. The Morgan fingerprint density at radius 2 is 2.00 bits per heavy atom. The van der Waals surface area contributed by atoms with E-state index in [4.69, 9.17) is 40.2 Å². The second-order valence-electron chi connectivity index (χ2n) is 5.20. The number of nitro groups is 1. The van der Waals surface area contributed by atoms with E-state index in [2.05, 4.69) is 10.6 Å². The SMILES string of the molecule is CC(Oc1ccc(Cl)cc1Cl)C(=O)NC(=S)Nc1ccc(F)c([N+](=O)[O-])c1. The summed E-state index contributed by atoms with van der Waals surface area (Å²) in [5.41, 5.74) is -0.578. The van der Waals surface area contributed by atoms with Crippen molar-refractivity contribution < 1.29 is 18.8 Å². The molecule has 0 radical (unpaired) electrons. The van der Waals surface area contributed by atoms with Crippen molar-refractivity contribution in [3.8, 4) is 5.75 Å². The molecule has 142 valence electrons. The number of carbonyl (C=O) groups is 1. The molecule has 0 bridgehead atoms. The van der Waals surface area contributed by atoms with Crippen LogP contribution in [0.1, 0.15) is 6.92 Å². The highest BCUT2D eigenvalue weighted by atomic mass is 35.5. The highest BCUT2D eigenvalue weighted by Gasteiger charge is 2.19. The van der Waals surface area contributed by atoms with E-state index in [1.807, 2.05) is 0 Å². The van der Waals surface area contributed by atoms with Crippen LogP contribution in [0.4, 0.5) is 15.8 Å². The van der Waals surface area contributed by atoms with E-state index in [9.17, 15) is 19.3 Å². The maximum absolute atomic E-state index is 13.3. The molecule has 2 N–H and O–H groups in total.